The van der Waals surface area contributed by atoms with E-state index in [1.165, 1.54) is 19.3 Å². The van der Waals surface area contributed by atoms with Crippen LogP contribution in [0.2, 0.25) is 0 Å². The van der Waals surface area contributed by atoms with Crippen molar-refractivity contribution in [2.24, 2.45) is 5.92 Å². The highest BCUT2D eigenvalue weighted by atomic mass is 15.2. The summed E-state index contributed by atoms with van der Waals surface area (Å²) in [7, 11) is 0. The number of aromatic nitrogens is 2. The van der Waals surface area contributed by atoms with Crippen molar-refractivity contribution in [2.45, 2.75) is 32.2 Å². The SMILES string of the molecule is C=CCNc1nccn1C(C)C1CCC1. The zero-order valence-electron chi connectivity index (χ0n) is 9.32. The number of hydrogen-bond donors (Lipinski definition) is 1. The minimum Gasteiger partial charge on any atom is -0.352 e. The van der Waals surface area contributed by atoms with Crippen molar-refractivity contribution in [3.8, 4) is 0 Å². The Labute approximate surface area is 91.2 Å². The van der Waals surface area contributed by atoms with Crippen molar-refractivity contribution in [3.05, 3.63) is 25.0 Å². The predicted octanol–water partition coefficient (Wildman–Crippen LogP) is 2.84. The second-order valence-corrected chi connectivity index (χ2v) is 4.26. The molecule has 15 heavy (non-hydrogen) atoms. The summed E-state index contributed by atoms with van der Waals surface area (Å²) in [5.74, 6) is 1.80. The molecule has 1 saturated carbocycles. The van der Waals surface area contributed by atoms with Crippen LogP contribution in [0.5, 0.6) is 0 Å². The minimum atomic E-state index is 0.563. The first-order valence-electron chi connectivity index (χ1n) is 5.70. The number of hydrogen-bond acceptors (Lipinski definition) is 2. The summed E-state index contributed by atoms with van der Waals surface area (Å²) in [4.78, 5) is 4.32. The Bertz CT molecular complexity index is 325. The quantitative estimate of drug-likeness (QED) is 0.749. The number of rotatable bonds is 5. The average Bonchev–Trinajstić information content (AvgIpc) is 2.59. The van der Waals surface area contributed by atoms with Crippen molar-refractivity contribution in [2.75, 3.05) is 11.9 Å². The molecule has 0 saturated heterocycles. The predicted molar refractivity (Wildman–Crippen MR) is 63.0 cm³/mol. The van der Waals surface area contributed by atoms with E-state index in [1.54, 1.807) is 0 Å². The second kappa shape index (κ2) is 4.51. The van der Waals surface area contributed by atoms with E-state index in [2.05, 4.69) is 34.6 Å². The van der Waals surface area contributed by atoms with Crippen molar-refractivity contribution in [1.29, 1.82) is 0 Å². The first-order valence-corrected chi connectivity index (χ1v) is 5.70. The van der Waals surface area contributed by atoms with Crippen LogP contribution in [-0.2, 0) is 0 Å². The lowest BCUT2D eigenvalue weighted by Crippen LogP contribution is -2.23. The highest BCUT2D eigenvalue weighted by molar-refractivity contribution is 5.27. The molecule has 1 aliphatic rings. The van der Waals surface area contributed by atoms with Gasteiger partial charge < -0.3 is 9.88 Å². The summed E-state index contributed by atoms with van der Waals surface area (Å²) in [6.07, 6.45) is 9.89. The van der Waals surface area contributed by atoms with Gasteiger partial charge in [-0.05, 0) is 25.7 Å². The van der Waals surface area contributed by atoms with E-state index in [4.69, 9.17) is 0 Å². The molecule has 2 rings (SSSR count). The largest absolute Gasteiger partial charge is 0.352 e. The van der Waals surface area contributed by atoms with Gasteiger partial charge in [-0.3, -0.25) is 0 Å². The third-order valence-corrected chi connectivity index (χ3v) is 3.34. The Morgan fingerprint density at radius 3 is 3.13 bits per heavy atom. The third-order valence-electron chi connectivity index (χ3n) is 3.34. The fourth-order valence-corrected chi connectivity index (χ4v) is 2.09. The summed E-state index contributed by atoms with van der Waals surface area (Å²) in [6.45, 7) is 6.75. The summed E-state index contributed by atoms with van der Waals surface area (Å²) >= 11 is 0. The first kappa shape index (κ1) is 10.3. The molecule has 1 unspecified atom stereocenters. The van der Waals surface area contributed by atoms with Crippen LogP contribution in [0, 0.1) is 5.92 Å². The van der Waals surface area contributed by atoms with E-state index in [0.29, 0.717) is 6.04 Å². The summed E-state index contributed by atoms with van der Waals surface area (Å²) in [6, 6.07) is 0.563. The summed E-state index contributed by atoms with van der Waals surface area (Å²) in [5.41, 5.74) is 0. The zero-order chi connectivity index (χ0) is 10.7. The van der Waals surface area contributed by atoms with Crippen LogP contribution in [0.4, 0.5) is 5.95 Å². The lowest BCUT2D eigenvalue weighted by atomic mass is 9.80. The second-order valence-electron chi connectivity index (χ2n) is 4.26. The van der Waals surface area contributed by atoms with E-state index < -0.39 is 0 Å². The third kappa shape index (κ3) is 2.06. The number of anilines is 1. The number of imidazole rings is 1. The molecule has 1 aromatic rings. The molecule has 0 amide bonds. The van der Waals surface area contributed by atoms with Crippen LogP contribution in [0.3, 0.4) is 0 Å². The smallest absolute Gasteiger partial charge is 0.203 e. The van der Waals surface area contributed by atoms with E-state index in [-0.39, 0.29) is 0 Å². The van der Waals surface area contributed by atoms with Crippen LogP contribution >= 0.6 is 0 Å². The molecule has 1 atom stereocenters. The van der Waals surface area contributed by atoms with E-state index in [1.807, 2.05) is 12.3 Å². The average molecular weight is 205 g/mol. The van der Waals surface area contributed by atoms with Crippen molar-refractivity contribution in [3.63, 3.8) is 0 Å². The number of nitrogens with one attached hydrogen (secondary N) is 1. The lowest BCUT2D eigenvalue weighted by molar-refractivity contribution is 0.224. The molecule has 3 nitrogen and oxygen atoms in total. The highest BCUT2D eigenvalue weighted by Gasteiger charge is 2.26. The van der Waals surface area contributed by atoms with Crippen LogP contribution in [0.1, 0.15) is 32.2 Å². The molecular formula is C12H19N3. The topological polar surface area (TPSA) is 29.9 Å². The molecule has 3 heteroatoms. The monoisotopic (exact) mass is 205 g/mol. The van der Waals surface area contributed by atoms with Crippen LogP contribution in [-0.4, -0.2) is 16.1 Å². The summed E-state index contributed by atoms with van der Waals surface area (Å²) < 4.78 is 2.24. The minimum absolute atomic E-state index is 0.563. The van der Waals surface area contributed by atoms with Gasteiger partial charge >= 0.3 is 0 Å². The molecule has 0 aliphatic heterocycles. The fourth-order valence-electron chi connectivity index (χ4n) is 2.09. The van der Waals surface area contributed by atoms with Crippen molar-refractivity contribution in [1.82, 2.24) is 9.55 Å². The maximum absolute atomic E-state index is 4.32. The molecule has 1 aliphatic carbocycles. The van der Waals surface area contributed by atoms with E-state index in [0.717, 1.165) is 18.4 Å². The molecule has 0 bridgehead atoms. The molecule has 0 spiro atoms. The van der Waals surface area contributed by atoms with Gasteiger partial charge in [0, 0.05) is 25.0 Å². The van der Waals surface area contributed by atoms with E-state index in [9.17, 15) is 0 Å². The molecule has 0 aromatic carbocycles. The van der Waals surface area contributed by atoms with Gasteiger partial charge in [-0.1, -0.05) is 12.5 Å². The van der Waals surface area contributed by atoms with Gasteiger partial charge in [-0.25, -0.2) is 4.98 Å². The Kier molecular flexibility index (Phi) is 3.09. The fraction of sp³-hybridized carbons (Fsp3) is 0.583. The van der Waals surface area contributed by atoms with Gasteiger partial charge in [-0.15, -0.1) is 6.58 Å². The Morgan fingerprint density at radius 1 is 1.73 bits per heavy atom. The maximum Gasteiger partial charge on any atom is 0.203 e. The molecule has 82 valence electrons. The zero-order valence-corrected chi connectivity index (χ0v) is 9.32. The highest BCUT2D eigenvalue weighted by Crippen LogP contribution is 2.36. The van der Waals surface area contributed by atoms with Gasteiger partial charge in [0.1, 0.15) is 0 Å². The van der Waals surface area contributed by atoms with Crippen molar-refractivity contribution >= 4 is 5.95 Å². The molecule has 0 radical (unpaired) electrons. The number of nitrogens with zero attached hydrogens (tertiary/aromatic N) is 2. The summed E-state index contributed by atoms with van der Waals surface area (Å²) in [5, 5.41) is 3.26. The van der Waals surface area contributed by atoms with Crippen molar-refractivity contribution < 1.29 is 0 Å². The Hall–Kier alpha value is -1.25. The van der Waals surface area contributed by atoms with Gasteiger partial charge in [0.05, 0.1) is 0 Å². The maximum atomic E-state index is 4.32. The molecule has 1 heterocycles. The molecule has 1 aromatic heterocycles. The molecule has 1 fully saturated rings. The first-order chi connectivity index (χ1) is 7.33. The van der Waals surface area contributed by atoms with E-state index >= 15 is 0 Å². The Balaban J connectivity index is 2.05. The standard InChI is InChI=1S/C12H19N3/c1-3-7-13-12-14-8-9-15(12)10(2)11-5-4-6-11/h3,8-11H,1,4-7H2,2H3,(H,13,14). The van der Waals surface area contributed by atoms with Gasteiger partial charge in [0.25, 0.3) is 0 Å². The molecular weight excluding hydrogens is 186 g/mol. The van der Waals surface area contributed by atoms with Gasteiger partial charge in [0.15, 0.2) is 0 Å². The van der Waals surface area contributed by atoms with Gasteiger partial charge in [-0.2, -0.15) is 0 Å². The normalized spacial score (nSPS) is 18.2. The Morgan fingerprint density at radius 2 is 2.53 bits per heavy atom. The van der Waals surface area contributed by atoms with Gasteiger partial charge in [0.2, 0.25) is 5.95 Å². The molecule has 1 N–H and O–H groups in total. The lowest BCUT2D eigenvalue weighted by Gasteiger charge is -2.32. The van der Waals surface area contributed by atoms with Crippen LogP contribution in [0.15, 0.2) is 25.0 Å². The van der Waals surface area contributed by atoms with Crippen LogP contribution < -0.4 is 5.32 Å². The van der Waals surface area contributed by atoms with Crippen LogP contribution in [0.25, 0.3) is 0 Å².